The first kappa shape index (κ1) is 23.2. The first-order chi connectivity index (χ1) is 15.3. The van der Waals surface area contributed by atoms with E-state index < -0.39 is 29.3 Å². The molecule has 0 aromatic heterocycles. The summed E-state index contributed by atoms with van der Waals surface area (Å²) in [5.41, 5.74) is 0.638. The molecule has 1 heterocycles. The van der Waals surface area contributed by atoms with E-state index in [1.54, 1.807) is 30.3 Å². The lowest BCUT2D eigenvalue weighted by Gasteiger charge is -2.28. The van der Waals surface area contributed by atoms with E-state index in [0.29, 0.717) is 30.9 Å². The van der Waals surface area contributed by atoms with Gasteiger partial charge >= 0.3 is 0 Å². The van der Waals surface area contributed by atoms with Gasteiger partial charge in [0.2, 0.25) is 5.78 Å². The molecule has 1 amide bonds. The Balaban J connectivity index is 2.08. The lowest BCUT2D eigenvalue weighted by molar-refractivity contribution is -0.858. The van der Waals surface area contributed by atoms with Crippen LogP contribution in [0.15, 0.2) is 66.8 Å². The van der Waals surface area contributed by atoms with Gasteiger partial charge in [0.05, 0.1) is 26.7 Å². The van der Waals surface area contributed by atoms with E-state index in [1.807, 2.05) is 14.1 Å². The van der Waals surface area contributed by atoms with E-state index in [0.717, 1.165) is 18.7 Å². The van der Waals surface area contributed by atoms with Gasteiger partial charge in [-0.05, 0) is 35.4 Å². The van der Waals surface area contributed by atoms with Crippen LogP contribution in [0.1, 0.15) is 23.6 Å². The zero-order chi connectivity index (χ0) is 23.3. The molecule has 1 unspecified atom stereocenters. The van der Waals surface area contributed by atoms with Crippen LogP contribution in [-0.4, -0.2) is 50.4 Å². The lowest BCUT2D eigenvalue weighted by Crippen LogP contribution is -3.05. The fraction of sp³-hybridized carbons (Fsp3) is 0.280. The maximum Gasteiger partial charge on any atom is 0.295 e. The third-order valence-corrected chi connectivity index (χ3v) is 5.25. The SMILES string of the molecule is C=CCOc1cccc(C2C(=C([O-])c3ccc(F)cc3)C(=O)C(=O)N2CCC[NH+](C)C)c1. The second-order valence-electron chi connectivity index (χ2n) is 7.96. The average Bonchev–Trinajstić information content (AvgIpc) is 3.02. The summed E-state index contributed by atoms with van der Waals surface area (Å²) in [5, 5.41) is 13.3. The van der Waals surface area contributed by atoms with Crippen molar-refractivity contribution in [3.05, 3.63) is 83.7 Å². The second-order valence-corrected chi connectivity index (χ2v) is 7.96. The van der Waals surface area contributed by atoms with E-state index >= 15 is 0 Å². The van der Waals surface area contributed by atoms with Crippen LogP contribution in [0, 0.1) is 5.82 Å². The summed E-state index contributed by atoms with van der Waals surface area (Å²) in [5.74, 6) is -2.05. The summed E-state index contributed by atoms with van der Waals surface area (Å²) in [6, 6.07) is 11.1. The highest BCUT2D eigenvalue weighted by molar-refractivity contribution is 6.46. The molecule has 2 aromatic rings. The molecule has 1 fully saturated rings. The molecular weight excluding hydrogens is 411 g/mol. The van der Waals surface area contributed by atoms with Crippen molar-refractivity contribution in [2.45, 2.75) is 12.5 Å². The number of carbonyl (C=O) groups excluding carboxylic acids is 2. The summed E-state index contributed by atoms with van der Waals surface area (Å²) in [6.45, 7) is 5.06. The number of nitrogens with one attached hydrogen (secondary N) is 1. The minimum absolute atomic E-state index is 0.125. The van der Waals surface area contributed by atoms with Crippen molar-refractivity contribution >= 4 is 17.4 Å². The summed E-state index contributed by atoms with van der Waals surface area (Å²) in [7, 11) is 4.01. The molecular formula is C25H27FN2O4. The fourth-order valence-electron chi connectivity index (χ4n) is 3.74. The molecule has 1 aliphatic rings. The van der Waals surface area contributed by atoms with E-state index in [4.69, 9.17) is 4.74 Å². The maximum atomic E-state index is 13.4. The van der Waals surface area contributed by atoms with Gasteiger partial charge in [0.25, 0.3) is 5.91 Å². The minimum Gasteiger partial charge on any atom is -0.872 e. The predicted molar refractivity (Wildman–Crippen MR) is 117 cm³/mol. The molecule has 2 aromatic carbocycles. The van der Waals surface area contributed by atoms with Crippen molar-refractivity contribution in [3.8, 4) is 5.75 Å². The summed E-state index contributed by atoms with van der Waals surface area (Å²) < 4.78 is 19.0. The largest absolute Gasteiger partial charge is 0.872 e. The fourth-order valence-corrected chi connectivity index (χ4v) is 3.74. The highest BCUT2D eigenvalue weighted by Gasteiger charge is 2.44. The Morgan fingerprint density at radius 1 is 1.22 bits per heavy atom. The monoisotopic (exact) mass is 438 g/mol. The van der Waals surface area contributed by atoms with Gasteiger partial charge in [-0.2, -0.15) is 0 Å². The molecule has 3 rings (SSSR count). The predicted octanol–water partition coefficient (Wildman–Crippen LogP) is 1.15. The summed E-state index contributed by atoms with van der Waals surface area (Å²) in [4.78, 5) is 28.5. The van der Waals surface area contributed by atoms with E-state index in [2.05, 4.69) is 6.58 Å². The molecule has 0 radical (unpaired) electrons. The van der Waals surface area contributed by atoms with E-state index in [1.165, 1.54) is 21.9 Å². The van der Waals surface area contributed by atoms with Crippen molar-refractivity contribution < 1.29 is 28.7 Å². The zero-order valence-electron chi connectivity index (χ0n) is 18.3. The first-order valence-corrected chi connectivity index (χ1v) is 10.5. The van der Waals surface area contributed by atoms with Gasteiger partial charge in [-0.15, -0.1) is 0 Å². The molecule has 0 saturated carbocycles. The highest BCUT2D eigenvalue weighted by atomic mass is 19.1. The molecule has 0 bridgehead atoms. The summed E-state index contributed by atoms with van der Waals surface area (Å²) >= 11 is 0. The summed E-state index contributed by atoms with van der Waals surface area (Å²) in [6.07, 6.45) is 2.28. The van der Waals surface area contributed by atoms with E-state index in [9.17, 15) is 19.1 Å². The van der Waals surface area contributed by atoms with Gasteiger partial charge in [-0.25, -0.2) is 4.39 Å². The third kappa shape index (κ3) is 5.06. The normalized spacial score (nSPS) is 17.8. The molecule has 0 aliphatic carbocycles. The number of amides is 1. The Labute approximate surface area is 187 Å². The van der Waals surface area contributed by atoms with E-state index in [-0.39, 0.29) is 11.1 Å². The zero-order valence-corrected chi connectivity index (χ0v) is 18.3. The number of Topliss-reactive ketones (excluding diaryl/α,β-unsaturated/α-hetero) is 1. The van der Waals surface area contributed by atoms with Crippen molar-refractivity contribution in [1.82, 2.24) is 4.90 Å². The number of halogens is 1. The average molecular weight is 438 g/mol. The second kappa shape index (κ2) is 10.2. The minimum atomic E-state index is -0.836. The van der Waals surface area contributed by atoms with Crippen LogP contribution in [0.25, 0.3) is 5.76 Å². The smallest absolute Gasteiger partial charge is 0.295 e. The van der Waals surface area contributed by atoms with Gasteiger partial charge < -0.3 is 19.6 Å². The number of hydrogen-bond acceptors (Lipinski definition) is 4. The molecule has 1 aliphatic heterocycles. The van der Waals surface area contributed by atoms with Gasteiger partial charge in [0.1, 0.15) is 18.2 Å². The number of ketones is 1. The third-order valence-electron chi connectivity index (χ3n) is 5.25. The Morgan fingerprint density at radius 3 is 2.59 bits per heavy atom. The highest BCUT2D eigenvalue weighted by Crippen LogP contribution is 2.39. The lowest BCUT2D eigenvalue weighted by atomic mass is 9.95. The molecule has 1 saturated heterocycles. The van der Waals surface area contributed by atoms with Gasteiger partial charge in [0.15, 0.2) is 0 Å². The standard InChI is InChI=1S/C25H27FN2O4/c1-4-15-32-20-8-5-7-18(16-20)22-21(23(29)17-9-11-19(26)12-10-17)24(30)25(31)28(22)14-6-13-27(2)3/h4-5,7-12,16,22,29H,1,6,13-15H2,2-3H3. The van der Waals surface area contributed by atoms with Crippen LogP contribution in [0.3, 0.4) is 0 Å². The van der Waals surface area contributed by atoms with Gasteiger partial charge in [0, 0.05) is 18.5 Å². The quantitative estimate of drug-likeness (QED) is 0.276. The van der Waals surface area contributed by atoms with Gasteiger partial charge in [-0.3, -0.25) is 9.59 Å². The van der Waals surface area contributed by atoms with Crippen LogP contribution in [0.4, 0.5) is 4.39 Å². The molecule has 0 spiro atoms. The Bertz CT molecular complexity index is 1030. The molecule has 32 heavy (non-hydrogen) atoms. The van der Waals surface area contributed by atoms with Gasteiger partial charge in [-0.1, -0.05) is 42.7 Å². The Hall–Kier alpha value is -3.45. The van der Waals surface area contributed by atoms with Crippen LogP contribution >= 0.6 is 0 Å². The first-order valence-electron chi connectivity index (χ1n) is 10.5. The van der Waals surface area contributed by atoms with Crippen molar-refractivity contribution in [2.24, 2.45) is 0 Å². The topological polar surface area (TPSA) is 74.1 Å². The number of ether oxygens (including phenoxy) is 1. The van der Waals surface area contributed by atoms with Crippen molar-refractivity contribution in [2.75, 3.05) is 33.8 Å². The molecule has 6 nitrogen and oxygen atoms in total. The molecule has 7 heteroatoms. The number of benzene rings is 2. The van der Waals surface area contributed by atoms with Crippen LogP contribution < -0.4 is 14.7 Å². The molecule has 168 valence electrons. The number of quaternary nitrogens is 1. The van der Waals surface area contributed by atoms with Crippen LogP contribution in [0.5, 0.6) is 5.75 Å². The number of carbonyl (C=O) groups is 2. The maximum absolute atomic E-state index is 13.4. The number of hydrogen-bond donors (Lipinski definition) is 1. The number of rotatable bonds is 9. The van der Waals surface area contributed by atoms with Crippen molar-refractivity contribution in [3.63, 3.8) is 0 Å². The van der Waals surface area contributed by atoms with Crippen LogP contribution in [0.2, 0.25) is 0 Å². The molecule has 1 atom stereocenters. The Kier molecular flexibility index (Phi) is 7.43. The van der Waals surface area contributed by atoms with Crippen LogP contribution in [-0.2, 0) is 9.59 Å². The Morgan fingerprint density at radius 2 is 1.94 bits per heavy atom. The van der Waals surface area contributed by atoms with Crippen molar-refractivity contribution in [1.29, 1.82) is 0 Å². The number of nitrogens with zero attached hydrogens (tertiary/aromatic N) is 1. The molecule has 1 N–H and O–H groups in total. The number of likely N-dealkylation sites (tertiary alicyclic amines) is 1.